The molecule has 1 N–H and O–H groups in total. The van der Waals surface area contributed by atoms with Crippen LogP contribution in [0.3, 0.4) is 0 Å². The van der Waals surface area contributed by atoms with Crippen molar-refractivity contribution in [3.8, 4) is 23.0 Å². The Hall–Kier alpha value is -3.21. The van der Waals surface area contributed by atoms with Gasteiger partial charge in [-0.1, -0.05) is 5.57 Å². The lowest BCUT2D eigenvalue weighted by atomic mass is 10.1. The van der Waals surface area contributed by atoms with Gasteiger partial charge in [-0.3, -0.25) is 4.79 Å². The van der Waals surface area contributed by atoms with E-state index in [9.17, 15) is 9.90 Å². The Kier molecular flexibility index (Phi) is 7.06. The number of methoxy groups -OCH3 is 2. The molecule has 0 spiro atoms. The lowest BCUT2D eigenvalue weighted by molar-refractivity contribution is 0.104. The van der Waals surface area contributed by atoms with Crippen molar-refractivity contribution >= 4 is 11.9 Å². The molecule has 27 heavy (non-hydrogen) atoms. The Morgan fingerprint density at radius 3 is 2.41 bits per heavy atom. The third-order valence-corrected chi connectivity index (χ3v) is 3.83. The van der Waals surface area contributed by atoms with E-state index in [1.165, 1.54) is 12.1 Å². The molecule has 2 rings (SSSR count). The van der Waals surface area contributed by atoms with E-state index in [-0.39, 0.29) is 17.1 Å². The molecule has 5 heteroatoms. The lowest BCUT2D eigenvalue weighted by Gasteiger charge is -2.08. The number of phenolic OH excluding ortho intramolecular Hbond substituents is 1. The summed E-state index contributed by atoms with van der Waals surface area (Å²) in [4.78, 5) is 12.4. The van der Waals surface area contributed by atoms with Gasteiger partial charge in [0.1, 0.15) is 29.6 Å². The normalized spacial score (nSPS) is 10.5. The Labute approximate surface area is 159 Å². The molecule has 0 fully saturated rings. The quantitative estimate of drug-likeness (QED) is 0.417. The van der Waals surface area contributed by atoms with E-state index >= 15 is 0 Å². The zero-order valence-electron chi connectivity index (χ0n) is 16.0. The predicted molar refractivity (Wildman–Crippen MR) is 106 cm³/mol. The van der Waals surface area contributed by atoms with E-state index in [1.54, 1.807) is 50.6 Å². The van der Waals surface area contributed by atoms with E-state index in [0.29, 0.717) is 29.4 Å². The molecule has 0 aliphatic rings. The maximum absolute atomic E-state index is 12.4. The van der Waals surface area contributed by atoms with Crippen LogP contribution in [-0.2, 0) is 0 Å². The van der Waals surface area contributed by atoms with Crippen LogP contribution in [-0.4, -0.2) is 31.7 Å². The summed E-state index contributed by atoms with van der Waals surface area (Å²) >= 11 is 0. The molecule has 0 heterocycles. The molecule has 0 saturated carbocycles. The summed E-state index contributed by atoms with van der Waals surface area (Å²) in [6.07, 6.45) is 4.94. The van der Waals surface area contributed by atoms with E-state index in [4.69, 9.17) is 14.2 Å². The van der Waals surface area contributed by atoms with Gasteiger partial charge in [-0.05, 0) is 62.4 Å². The standard InChI is InChI=1S/C22H24O5/c1-15(2)11-12-27-18-6-8-19(21(24)14-18)20(23)9-5-16-13-17(25-3)7-10-22(16)26-4/h5-11,13-14,24H,12H2,1-4H3/b9-5+. The smallest absolute Gasteiger partial charge is 0.189 e. The number of benzene rings is 2. The number of carbonyl (C=O) groups excluding carboxylic acids is 1. The van der Waals surface area contributed by atoms with Crippen molar-refractivity contribution < 1.29 is 24.1 Å². The minimum atomic E-state index is -0.326. The molecule has 5 nitrogen and oxygen atoms in total. The van der Waals surface area contributed by atoms with Gasteiger partial charge in [0.15, 0.2) is 5.78 Å². The van der Waals surface area contributed by atoms with Crippen LogP contribution >= 0.6 is 0 Å². The highest BCUT2D eigenvalue weighted by Gasteiger charge is 2.10. The Morgan fingerprint density at radius 2 is 1.78 bits per heavy atom. The number of ether oxygens (including phenoxy) is 3. The molecule has 0 bridgehead atoms. The van der Waals surface area contributed by atoms with Crippen LogP contribution in [0.25, 0.3) is 6.08 Å². The molecule has 0 amide bonds. The van der Waals surface area contributed by atoms with Gasteiger partial charge in [0, 0.05) is 11.6 Å². The van der Waals surface area contributed by atoms with Crippen LogP contribution < -0.4 is 14.2 Å². The zero-order valence-corrected chi connectivity index (χ0v) is 16.0. The van der Waals surface area contributed by atoms with E-state index in [1.807, 2.05) is 19.9 Å². The summed E-state index contributed by atoms with van der Waals surface area (Å²) in [5.74, 6) is 1.32. The highest BCUT2D eigenvalue weighted by atomic mass is 16.5. The second-order valence-corrected chi connectivity index (χ2v) is 6.08. The van der Waals surface area contributed by atoms with Gasteiger partial charge >= 0.3 is 0 Å². The van der Waals surface area contributed by atoms with Gasteiger partial charge < -0.3 is 19.3 Å². The number of rotatable bonds is 8. The largest absolute Gasteiger partial charge is 0.507 e. The van der Waals surface area contributed by atoms with Gasteiger partial charge in [0.2, 0.25) is 0 Å². The molecule has 2 aromatic carbocycles. The van der Waals surface area contributed by atoms with Crippen LogP contribution in [0.2, 0.25) is 0 Å². The number of ketones is 1. The third-order valence-electron chi connectivity index (χ3n) is 3.83. The van der Waals surface area contributed by atoms with Gasteiger partial charge in [0.05, 0.1) is 19.8 Å². The average Bonchev–Trinajstić information content (AvgIpc) is 2.65. The van der Waals surface area contributed by atoms with Gasteiger partial charge in [0.25, 0.3) is 0 Å². The molecule has 0 saturated heterocycles. The third kappa shape index (κ3) is 5.64. The molecule has 0 aliphatic heterocycles. The van der Waals surface area contributed by atoms with Crippen LogP contribution in [0.15, 0.2) is 54.1 Å². The van der Waals surface area contributed by atoms with Crippen molar-refractivity contribution in [1.29, 1.82) is 0 Å². The number of allylic oxidation sites excluding steroid dienone is 2. The first-order chi connectivity index (χ1) is 12.9. The second kappa shape index (κ2) is 9.48. The predicted octanol–water partition coefficient (Wildman–Crippen LogP) is 4.65. The first-order valence-electron chi connectivity index (χ1n) is 8.48. The van der Waals surface area contributed by atoms with Gasteiger partial charge in [-0.15, -0.1) is 0 Å². The SMILES string of the molecule is COc1ccc(OC)c(/C=C/C(=O)c2ccc(OCC=C(C)C)cc2O)c1. The maximum Gasteiger partial charge on any atom is 0.189 e. The Morgan fingerprint density at radius 1 is 1.04 bits per heavy atom. The van der Waals surface area contributed by atoms with Gasteiger partial charge in [-0.25, -0.2) is 0 Å². The number of carbonyl (C=O) groups is 1. The minimum Gasteiger partial charge on any atom is -0.507 e. The van der Waals surface area contributed by atoms with Gasteiger partial charge in [-0.2, -0.15) is 0 Å². The first-order valence-corrected chi connectivity index (χ1v) is 8.48. The fraction of sp³-hybridized carbons (Fsp3) is 0.227. The first kappa shape index (κ1) is 20.1. The number of hydrogen-bond acceptors (Lipinski definition) is 5. The molecular weight excluding hydrogens is 344 g/mol. The number of aromatic hydroxyl groups is 1. The molecule has 0 atom stereocenters. The summed E-state index contributed by atoms with van der Waals surface area (Å²) in [5, 5.41) is 10.2. The Balaban J connectivity index is 2.16. The highest BCUT2D eigenvalue weighted by Crippen LogP contribution is 2.27. The molecular formula is C22H24O5. The van der Waals surface area contributed by atoms with Crippen LogP contribution in [0, 0.1) is 0 Å². The van der Waals surface area contributed by atoms with E-state index in [0.717, 1.165) is 5.57 Å². The van der Waals surface area contributed by atoms with Crippen LogP contribution in [0.1, 0.15) is 29.8 Å². The summed E-state index contributed by atoms with van der Waals surface area (Å²) in [6.45, 7) is 4.36. The average molecular weight is 368 g/mol. The van der Waals surface area contributed by atoms with Crippen molar-refractivity contribution in [1.82, 2.24) is 0 Å². The van der Waals surface area contributed by atoms with Crippen molar-refractivity contribution in [2.24, 2.45) is 0 Å². The molecule has 0 unspecified atom stereocenters. The fourth-order valence-electron chi connectivity index (χ4n) is 2.34. The van der Waals surface area contributed by atoms with Crippen LogP contribution in [0.5, 0.6) is 23.0 Å². The summed E-state index contributed by atoms with van der Waals surface area (Å²) < 4.78 is 16.0. The molecule has 0 aliphatic carbocycles. The van der Waals surface area contributed by atoms with Crippen LogP contribution in [0.4, 0.5) is 0 Å². The van der Waals surface area contributed by atoms with E-state index < -0.39 is 0 Å². The second-order valence-electron chi connectivity index (χ2n) is 6.08. The lowest BCUT2D eigenvalue weighted by Crippen LogP contribution is -1.98. The topological polar surface area (TPSA) is 65.0 Å². The fourth-order valence-corrected chi connectivity index (χ4v) is 2.34. The number of phenols is 1. The highest BCUT2D eigenvalue weighted by molar-refractivity contribution is 6.08. The molecule has 2 aromatic rings. The summed E-state index contributed by atoms with van der Waals surface area (Å²) in [5.41, 5.74) is 2.04. The molecule has 142 valence electrons. The Bertz CT molecular complexity index is 861. The van der Waals surface area contributed by atoms with Crippen molar-refractivity contribution in [2.45, 2.75) is 13.8 Å². The van der Waals surface area contributed by atoms with Crippen molar-refractivity contribution in [3.05, 3.63) is 65.3 Å². The molecule has 0 aromatic heterocycles. The van der Waals surface area contributed by atoms with Crippen molar-refractivity contribution in [3.63, 3.8) is 0 Å². The van der Waals surface area contributed by atoms with E-state index in [2.05, 4.69) is 0 Å². The summed E-state index contributed by atoms with van der Waals surface area (Å²) in [7, 11) is 3.13. The zero-order chi connectivity index (χ0) is 19.8. The monoisotopic (exact) mass is 368 g/mol. The summed E-state index contributed by atoms with van der Waals surface area (Å²) in [6, 6.07) is 9.94. The number of hydrogen-bond donors (Lipinski definition) is 1. The molecule has 0 radical (unpaired) electrons. The minimum absolute atomic E-state index is 0.128. The maximum atomic E-state index is 12.4. The van der Waals surface area contributed by atoms with Crippen molar-refractivity contribution in [2.75, 3.05) is 20.8 Å².